The molecule has 5 rings (SSSR count). The first-order valence-corrected chi connectivity index (χ1v) is 10.4. The van der Waals surface area contributed by atoms with Crippen LogP contribution in [-0.2, 0) is 0 Å². The number of rotatable bonds is 0. The molecule has 0 aromatic heterocycles. The van der Waals surface area contributed by atoms with Gasteiger partial charge in [-0.2, -0.15) is 0 Å². The molecule has 4 heteroatoms. The van der Waals surface area contributed by atoms with Gasteiger partial charge in [0.1, 0.15) is 11.5 Å². The Balaban J connectivity index is 2.55. The van der Waals surface area contributed by atoms with Gasteiger partial charge >= 0.3 is 0 Å². The van der Waals surface area contributed by atoms with Gasteiger partial charge in [0, 0.05) is 29.8 Å². The monoisotopic (exact) mass is 492 g/mol. The standard InChI is InChI=1S/C24H14Br2O2/c25-17-9-11-19(27)23-21(17)15-7-3-1-5-13(15)14-6-2-4-8-16(14)22-18(26)10-12-20(28)24(22)23/h1-12,27-28H. The maximum atomic E-state index is 10.9. The zero-order chi connectivity index (χ0) is 19.4. The lowest BCUT2D eigenvalue weighted by atomic mass is 10.0. The second-order valence-corrected chi connectivity index (χ2v) is 8.43. The van der Waals surface area contributed by atoms with Crippen molar-refractivity contribution in [3.8, 4) is 11.5 Å². The molecule has 4 aromatic rings. The summed E-state index contributed by atoms with van der Waals surface area (Å²) in [7, 11) is 0. The minimum absolute atomic E-state index is 0.127. The van der Waals surface area contributed by atoms with Crippen LogP contribution in [0.2, 0.25) is 0 Å². The maximum Gasteiger partial charge on any atom is 0.124 e. The molecule has 28 heavy (non-hydrogen) atoms. The second-order valence-electron chi connectivity index (χ2n) is 6.72. The fourth-order valence-corrected chi connectivity index (χ4v) is 5.13. The SMILES string of the molecule is Oc1ccc(Br)c2c1=c1c(O)ccc(Br)c1=c1ccccc1=c1ccccc1=2. The zero-order valence-electron chi connectivity index (χ0n) is 14.6. The maximum absolute atomic E-state index is 10.9. The van der Waals surface area contributed by atoms with Crippen molar-refractivity contribution in [2.24, 2.45) is 0 Å². The molecule has 2 N–H and O–H groups in total. The van der Waals surface area contributed by atoms with Crippen molar-refractivity contribution in [1.29, 1.82) is 0 Å². The molecule has 0 saturated carbocycles. The van der Waals surface area contributed by atoms with Gasteiger partial charge in [-0.3, -0.25) is 0 Å². The van der Waals surface area contributed by atoms with Crippen LogP contribution in [0.15, 0.2) is 81.7 Å². The number of benzene rings is 4. The van der Waals surface area contributed by atoms with Gasteiger partial charge in [-0.15, -0.1) is 0 Å². The molecule has 1 aliphatic carbocycles. The number of halogens is 2. The molecule has 2 nitrogen and oxygen atoms in total. The molecule has 136 valence electrons. The third-order valence-corrected chi connectivity index (χ3v) is 6.52. The number of phenols is 2. The molecule has 0 amide bonds. The first kappa shape index (κ1) is 17.5. The Labute approximate surface area is 176 Å². The molecule has 0 bridgehead atoms. The van der Waals surface area contributed by atoms with Crippen LogP contribution in [0.1, 0.15) is 0 Å². The van der Waals surface area contributed by atoms with Crippen LogP contribution >= 0.6 is 31.9 Å². The third-order valence-electron chi connectivity index (χ3n) is 5.20. The molecule has 0 spiro atoms. The average Bonchev–Trinajstić information content (AvgIpc) is 2.70. The quantitative estimate of drug-likeness (QED) is 0.274. The van der Waals surface area contributed by atoms with E-state index in [1.54, 1.807) is 12.1 Å². The van der Waals surface area contributed by atoms with Crippen LogP contribution in [-0.4, -0.2) is 10.2 Å². The summed E-state index contributed by atoms with van der Waals surface area (Å²) in [4.78, 5) is 0. The normalized spacial score (nSPS) is 11.5. The van der Waals surface area contributed by atoms with E-state index in [-0.39, 0.29) is 11.5 Å². The third kappa shape index (κ3) is 2.45. The second kappa shape index (κ2) is 6.50. The van der Waals surface area contributed by atoms with E-state index in [1.165, 1.54) is 0 Å². The van der Waals surface area contributed by atoms with Crippen molar-refractivity contribution in [2.75, 3.05) is 0 Å². The average molecular weight is 494 g/mol. The molecular weight excluding hydrogens is 480 g/mol. The highest BCUT2D eigenvalue weighted by Gasteiger charge is 2.10. The predicted octanol–water partition coefficient (Wildman–Crippen LogP) is 6.08. The van der Waals surface area contributed by atoms with Crippen LogP contribution in [0.4, 0.5) is 0 Å². The lowest BCUT2D eigenvalue weighted by Gasteiger charge is -2.07. The number of hydrogen-bond donors (Lipinski definition) is 2. The number of hydrogen-bond acceptors (Lipinski definition) is 2. The van der Waals surface area contributed by atoms with Gasteiger partial charge < -0.3 is 10.2 Å². The molecule has 0 fully saturated rings. The minimum atomic E-state index is 0.127. The van der Waals surface area contributed by atoms with Crippen molar-refractivity contribution in [1.82, 2.24) is 0 Å². The van der Waals surface area contributed by atoms with Crippen molar-refractivity contribution in [3.05, 3.63) is 123 Å². The van der Waals surface area contributed by atoms with Crippen molar-refractivity contribution >= 4 is 31.9 Å². The molecule has 0 unspecified atom stereocenters. The van der Waals surface area contributed by atoms with E-state index in [2.05, 4.69) is 56.1 Å². The first-order chi connectivity index (χ1) is 13.6. The predicted molar refractivity (Wildman–Crippen MR) is 115 cm³/mol. The van der Waals surface area contributed by atoms with Crippen molar-refractivity contribution in [3.63, 3.8) is 0 Å². The molecule has 0 aliphatic heterocycles. The van der Waals surface area contributed by atoms with Gasteiger partial charge in [0.2, 0.25) is 0 Å². The van der Waals surface area contributed by atoms with Gasteiger partial charge in [-0.1, -0.05) is 80.4 Å². The summed E-state index contributed by atoms with van der Waals surface area (Å²) in [5.74, 6) is 0.254. The van der Waals surface area contributed by atoms with Crippen molar-refractivity contribution < 1.29 is 10.2 Å². The van der Waals surface area contributed by atoms with E-state index in [9.17, 15) is 10.2 Å². The molecule has 0 heterocycles. The van der Waals surface area contributed by atoms with Crippen LogP contribution in [0.25, 0.3) is 0 Å². The Hall–Kier alpha value is -2.56. The number of fused-ring (bicyclic) bond motifs is 4. The van der Waals surface area contributed by atoms with Crippen LogP contribution in [0.5, 0.6) is 11.5 Å². The van der Waals surface area contributed by atoms with Gasteiger partial charge in [0.05, 0.1) is 0 Å². The fraction of sp³-hybridized carbons (Fsp3) is 0. The molecule has 0 saturated heterocycles. The van der Waals surface area contributed by atoms with Crippen molar-refractivity contribution in [2.45, 2.75) is 0 Å². The highest BCUT2D eigenvalue weighted by molar-refractivity contribution is 9.10. The summed E-state index contributed by atoms with van der Waals surface area (Å²) < 4.78 is 1.72. The highest BCUT2D eigenvalue weighted by atomic mass is 79.9. The van der Waals surface area contributed by atoms with Crippen LogP contribution in [0.3, 0.4) is 0 Å². The van der Waals surface area contributed by atoms with E-state index >= 15 is 0 Å². The number of aromatic hydroxyl groups is 2. The summed E-state index contributed by atoms with van der Waals surface area (Å²) in [6.07, 6.45) is 0. The molecule has 1 aliphatic rings. The summed E-state index contributed by atoms with van der Waals surface area (Å²) >= 11 is 7.35. The lowest BCUT2D eigenvalue weighted by Crippen LogP contribution is -1.92. The van der Waals surface area contributed by atoms with E-state index in [0.29, 0.717) is 10.4 Å². The summed E-state index contributed by atoms with van der Waals surface area (Å²) in [5, 5.41) is 28.9. The minimum Gasteiger partial charge on any atom is -0.507 e. The Morgan fingerprint density at radius 2 is 0.786 bits per heavy atom. The van der Waals surface area contributed by atoms with E-state index in [0.717, 1.165) is 40.3 Å². The molecule has 0 radical (unpaired) electrons. The summed E-state index contributed by atoms with van der Waals surface area (Å²) in [6, 6.07) is 23.3. The van der Waals surface area contributed by atoms with Crippen LogP contribution in [0, 0.1) is 41.7 Å². The van der Waals surface area contributed by atoms with Gasteiger partial charge in [0.15, 0.2) is 0 Å². The van der Waals surface area contributed by atoms with Gasteiger partial charge in [-0.25, -0.2) is 0 Å². The Morgan fingerprint density at radius 3 is 1.18 bits per heavy atom. The van der Waals surface area contributed by atoms with Gasteiger partial charge in [-0.05, 0) is 45.1 Å². The first-order valence-electron chi connectivity index (χ1n) is 8.80. The molecule has 0 atom stereocenters. The topological polar surface area (TPSA) is 40.5 Å². The Morgan fingerprint density at radius 1 is 0.429 bits per heavy atom. The number of phenolic OH excluding ortho intramolecular Hbond substituents is 2. The van der Waals surface area contributed by atoms with Crippen LogP contribution < -0.4 is 0 Å². The smallest absolute Gasteiger partial charge is 0.124 e. The highest BCUT2D eigenvalue weighted by Crippen LogP contribution is 2.29. The van der Waals surface area contributed by atoms with E-state index in [4.69, 9.17) is 0 Å². The molecular formula is C24H14Br2O2. The Kier molecular flexibility index (Phi) is 4.07. The summed E-state index contributed by atoms with van der Waals surface area (Å²) in [6.45, 7) is 0. The fourth-order valence-electron chi connectivity index (χ4n) is 4.04. The Bertz CT molecular complexity index is 1540. The molecule has 4 aromatic carbocycles. The van der Waals surface area contributed by atoms with Gasteiger partial charge in [0.25, 0.3) is 0 Å². The zero-order valence-corrected chi connectivity index (χ0v) is 17.8. The largest absolute Gasteiger partial charge is 0.507 e. The van der Waals surface area contributed by atoms with E-state index < -0.39 is 0 Å². The van der Waals surface area contributed by atoms with E-state index in [1.807, 2.05) is 36.4 Å². The summed E-state index contributed by atoms with van der Waals surface area (Å²) in [5.41, 5.74) is 0. The lowest BCUT2D eigenvalue weighted by molar-refractivity contribution is 0.461.